The summed E-state index contributed by atoms with van der Waals surface area (Å²) in [6.07, 6.45) is 0.956. The van der Waals surface area contributed by atoms with Crippen LogP contribution in [0.1, 0.15) is 12.0 Å². The van der Waals surface area contributed by atoms with E-state index < -0.39 is 0 Å². The molecule has 0 heterocycles. The van der Waals surface area contributed by atoms with Gasteiger partial charge >= 0.3 is 0 Å². The third kappa shape index (κ3) is 1.82. The van der Waals surface area contributed by atoms with Crippen LogP contribution in [-0.4, -0.2) is 12.1 Å². The van der Waals surface area contributed by atoms with Gasteiger partial charge in [-0.1, -0.05) is 11.6 Å². The number of benzene rings is 1. The van der Waals surface area contributed by atoms with Crippen LogP contribution < -0.4 is 11.1 Å². The van der Waals surface area contributed by atoms with Crippen molar-refractivity contribution in [3.63, 3.8) is 0 Å². The van der Waals surface area contributed by atoms with Crippen molar-refractivity contribution in [2.75, 3.05) is 5.32 Å². The van der Waals surface area contributed by atoms with Crippen molar-refractivity contribution in [1.29, 1.82) is 5.26 Å². The molecule has 2 unspecified atom stereocenters. The van der Waals surface area contributed by atoms with E-state index in [4.69, 9.17) is 22.6 Å². The summed E-state index contributed by atoms with van der Waals surface area (Å²) in [7, 11) is 0. The molecular weight excluding hydrogens is 198 g/mol. The molecule has 2 atom stereocenters. The Labute approximate surface area is 87.5 Å². The normalized spacial score (nSPS) is 24.1. The summed E-state index contributed by atoms with van der Waals surface area (Å²) in [5.74, 6) is 0. The molecule has 1 aromatic rings. The SMILES string of the molecule is N#Cc1ccc(Cl)cc1NC1CC1N. The van der Waals surface area contributed by atoms with Gasteiger partial charge in [0, 0.05) is 17.1 Å². The topological polar surface area (TPSA) is 61.8 Å². The number of rotatable bonds is 2. The fourth-order valence-electron chi connectivity index (χ4n) is 1.31. The first-order valence-corrected chi connectivity index (χ1v) is 4.80. The van der Waals surface area contributed by atoms with E-state index in [0.717, 1.165) is 12.1 Å². The van der Waals surface area contributed by atoms with Gasteiger partial charge in [0.25, 0.3) is 0 Å². The summed E-state index contributed by atoms with van der Waals surface area (Å²) < 4.78 is 0. The number of nitriles is 1. The van der Waals surface area contributed by atoms with Gasteiger partial charge in [0.2, 0.25) is 0 Å². The zero-order valence-corrected chi connectivity index (χ0v) is 8.25. The van der Waals surface area contributed by atoms with E-state index in [1.807, 2.05) is 0 Å². The minimum atomic E-state index is 0.209. The molecule has 0 amide bonds. The molecular formula is C10H10ClN3. The van der Waals surface area contributed by atoms with E-state index in [0.29, 0.717) is 16.6 Å². The van der Waals surface area contributed by atoms with E-state index in [2.05, 4.69) is 11.4 Å². The van der Waals surface area contributed by atoms with E-state index in [-0.39, 0.29) is 6.04 Å². The highest BCUT2D eigenvalue weighted by atomic mass is 35.5. The first-order valence-electron chi connectivity index (χ1n) is 4.42. The highest BCUT2D eigenvalue weighted by molar-refractivity contribution is 6.30. The van der Waals surface area contributed by atoms with Crippen LogP contribution in [-0.2, 0) is 0 Å². The zero-order chi connectivity index (χ0) is 10.1. The van der Waals surface area contributed by atoms with Crippen molar-refractivity contribution < 1.29 is 0 Å². The second kappa shape index (κ2) is 3.49. The molecule has 4 heteroatoms. The molecule has 2 rings (SSSR count). The Hall–Kier alpha value is -1.24. The Balaban J connectivity index is 2.22. The maximum Gasteiger partial charge on any atom is 0.101 e. The Morgan fingerprint density at radius 3 is 2.86 bits per heavy atom. The Morgan fingerprint density at radius 2 is 2.29 bits per heavy atom. The largest absolute Gasteiger partial charge is 0.380 e. The lowest BCUT2D eigenvalue weighted by Gasteiger charge is -2.07. The van der Waals surface area contributed by atoms with Gasteiger partial charge in [0.1, 0.15) is 6.07 Å². The monoisotopic (exact) mass is 207 g/mol. The molecule has 0 aliphatic heterocycles. The summed E-state index contributed by atoms with van der Waals surface area (Å²) >= 11 is 5.83. The lowest BCUT2D eigenvalue weighted by Crippen LogP contribution is -2.13. The second-order valence-corrected chi connectivity index (χ2v) is 3.89. The Bertz CT molecular complexity index is 397. The molecule has 1 saturated carbocycles. The molecule has 72 valence electrons. The zero-order valence-electron chi connectivity index (χ0n) is 7.50. The molecule has 0 spiro atoms. The van der Waals surface area contributed by atoms with Crippen molar-refractivity contribution in [2.45, 2.75) is 18.5 Å². The number of halogens is 1. The number of anilines is 1. The van der Waals surface area contributed by atoms with Gasteiger partial charge in [-0.15, -0.1) is 0 Å². The maximum atomic E-state index is 8.84. The summed E-state index contributed by atoms with van der Waals surface area (Å²) in [4.78, 5) is 0. The third-order valence-corrected chi connectivity index (χ3v) is 2.52. The van der Waals surface area contributed by atoms with Gasteiger partial charge in [0.05, 0.1) is 11.3 Å². The summed E-state index contributed by atoms with van der Waals surface area (Å²) in [5.41, 5.74) is 7.05. The fourth-order valence-corrected chi connectivity index (χ4v) is 1.49. The van der Waals surface area contributed by atoms with Crippen molar-refractivity contribution in [1.82, 2.24) is 0 Å². The van der Waals surface area contributed by atoms with Crippen LogP contribution in [0.3, 0.4) is 0 Å². The first kappa shape index (κ1) is 9.32. The predicted octanol–water partition coefficient (Wildman–Crippen LogP) is 1.72. The molecule has 3 nitrogen and oxygen atoms in total. The molecule has 1 aromatic carbocycles. The minimum Gasteiger partial charge on any atom is -0.380 e. The second-order valence-electron chi connectivity index (χ2n) is 3.45. The van der Waals surface area contributed by atoms with E-state index >= 15 is 0 Å². The predicted molar refractivity (Wildman–Crippen MR) is 56.2 cm³/mol. The van der Waals surface area contributed by atoms with Crippen LogP contribution in [0.5, 0.6) is 0 Å². The Morgan fingerprint density at radius 1 is 1.57 bits per heavy atom. The quantitative estimate of drug-likeness (QED) is 0.777. The number of hydrogen-bond acceptors (Lipinski definition) is 3. The summed E-state index contributed by atoms with van der Waals surface area (Å²) in [5, 5.41) is 12.7. The van der Waals surface area contributed by atoms with Crippen LogP contribution in [0.25, 0.3) is 0 Å². The van der Waals surface area contributed by atoms with E-state index in [9.17, 15) is 0 Å². The van der Waals surface area contributed by atoms with Gasteiger partial charge in [-0.2, -0.15) is 5.26 Å². The van der Waals surface area contributed by atoms with E-state index in [1.54, 1.807) is 18.2 Å². The van der Waals surface area contributed by atoms with Gasteiger partial charge in [-0.25, -0.2) is 0 Å². The molecule has 0 radical (unpaired) electrons. The van der Waals surface area contributed by atoms with Crippen LogP contribution in [0.4, 0.5) is 5.69 Å². The standard InChI is InChI=1S/C10H10ClN3/c11-7-2-1-6(5-12)9(3-7)14-10-4-8(10)13/h1-3,8,10,14H,4,13H2. The molecule has 1 aliphatic carbocycles. The van der Waals surface area contributed by atoms with Crippen molar-refractivity contribution in [3.8, 4) is 6.07 Å². The smallest absolute Gasteiger partial charge is 0.101 e. The molecule has 1 aliphatic rings. The third-order valence-electron chi connectivity index (χ3n) is 2.28. The van der Waals surface area contributed by atoms with E-state index in [1.165, 1.54) is 0 Å². The van der Waals surface area contributed by atoms with Crippen LogP contribution in [0, 0.1) is 11.3 Å². The molecule has 0 aromatic heterocycles. The van der Waals surface area contributed by atoms with Gasteiger partial charge in [-0.3, -0.25) is 0 Å². The maximum absolute atomic E-state index is 8.84. The Kier molecular flexibility index (Phi) is 2.32. The number of nitrogens with two attached hydrogens (primary N) is 1. The van der Waals surface area contributed by atoms with Crippen molar-refractivity contribution >= 4 is 17.3 Å². The lowest BCUT2D eigenvalue weighted by molar-refractivity contribution is 1.01. The molecule has 0 bridgehead atoms. The van der Waals surface area contributed by atoms with Gasteiger partial charge in [-0.05, 0) is 24.6 Å². The fraction of sp³-hybridized carbons (Fsp3) is 0.300. The van der Waals surface area contributed by atoms with Crippen LogP contribution in [0.2, 0.25) is 5.02 Å². The minimum absolute atomic E-state index is 0.209. The van der Waals surface area contributed by atoms with Crippen molar-refractivity contribution in [3.05, 3.63) is 28.8 Å². The summed E-state index contributed by atoms with van der Waals surface area (Å²) in [6, 6.07) is 7.78. The van der Waals surface area contributed by atoms with Crippen LogP contribution in [0.15, 0.2) is 18.2 Å². The molecule has 14 heavy (non-hydrogen) atoms. The number of nitrogens with zero attached hydrogens (tertiary/aromatic N) is 1. The van der Waals surface area contributed by atoms with Crippen molar-refractivity contribution in [2.24, 2.45) is 5.73 Å². The molecule has 1 fully saturated rings. The van der Waals surface area contributed by atoms with Crippen LogP contribution >= 0.6 is 11.6 Å². The molecule has 0 saturated heterocycles. The average molecular weight is 208 g/mol. The van der Waals surface area contributed by atoms with Gasteiger partial charge in [0.15, 0.2) is 0 Å². The highest BCUT2D eigenvalue weighted by Crippen LogP contribution is 2.27. The number of hydrogen-bond donors (Lipinski definition) is 2. The lowest BCUT2D eigenvalue weighted by atomic mass is 10.2. The van der Waals surface area contributed by atoms with Gasteiger partial charge < -0.3 is 11.1 Å². The molecule has 3 N–H and O–H groups in total. The summed E-state index contributed by atoms with van der Waals surface area (Å²) in [6.45, 7) is 0. The first-order chi connectivity index (χ1) is 6.70. The average Bonchev–Trinajstić information content (AvgIpc) is 2.82. The number of nitrogens with one attached hydrogen (secondary N) is 1. The highest BCUT2D eigenvalue weighted by Gasteiger charge is 2.33.